The summed E-state index contributed by atoms with van der Waals surface area (Å²) in [4.78, 5) is 14.5. The number of piperidine rings is 1. The van der Waals surface area contributed by atoms with Crippen LogP contribution in [0.5, 0.6) is 0 Å². The van der Waals surface area contributed by atoms with Gasteiger partial charge in [0, 0.05) is 44.4 Å². The van der Waals surface area contributed by atoms with Crippen LogP contribution in [-0.2, 0) is 16.1 Å². The highest BCUT2D eigenvalue weighted by Gasteiger charge is 2.43. The molecular formula is C18H30N4O3. The van der Waals surface area contributed by atoms with E-state index in [1.165, 1.54) is 0 Å². The number of hydrogen-bond acceptors (Lipinski definition) is 5. The molecule has 3 heterocycles. The summed E-state index contributed by atoms with van der Waals surface area (Å²) in [5.74, 6) is 0.386. The fourth-order valence-electron chi connectivity index (χ4n) is 4.10. The predicted molar refractivity (Wildman–Crippen MR) is 94.0 cm³/mol. The summed E-state index contributed by atoms with van der Waals surface area (Å²) >= 11 is 0. The van der Waals surface area contributed by atoms with Gasteiger partial charge in [0.15, 0.2) is 0 Å². The van der Waals surface area contributed by atoms with E-state index in [2.05, 4.69) is 10.4 Å². The Morgan fingerprint density at radius 3 is 3.08 bits per heavy atom. The number of likely N-dealkylation sites (N-methyl/N-ethyl adjacent to an activating group) is 1. The number of rotatable bonds is 5. The van der Waals surface area contributed by atoms with Crippen LogP contribution in [0.1, 0.15) is 32.6 Å². The van der Waals surface area contributed by atoms with E-state index in [4.69, 9.17) is 4.74 Å². The van der Waals surface area contributed by atoms with Crippen molar-refractivity contribution in [3.8, 4) is 0 Å². The first-order chi connectivity index (χ1) is 12.0. The van der Waals surface area contributed by atoms with Gasteiger partial charge in [0.2, 0.25) is 5.91 Å². The van der Waals surface area contributed by atoms with Crippen molar-refractivity contribution in [1.29, 1.82) is 0 Å². The fraction of sp³-hybridized carbons (Fsp3) is 0.778. The van der Waals surface area contributed by atoms with Crippen molar-refractivity contribution >= 4 is 5.91 Å². The van der Waals surface area contributed by atoms with Gasteiger partial charge in [-0.05, 0) is 39.3 Å². The highest BCUT2D eigenvalue weighted by Crippen LogP contribution is 2.33. The van der Waals surface area contributed by atoms with Crippen LogP contribution in [0.2, 0.25) is 0 Å². The zero-order valence-corrected chi connectivity index (χ0v) is 15.2. The highest BCUT2D eigenvalue weighted by molar-refractivity contribution is 5.76. The molecule has 2 fully saturated rings. The number of nitrogens with zero attached hydrogens (tertiary/aromatic N) is 3. The predicted octanol–water partition coefficient (Wildman–Crippen LogP) is 0.640. The highest BCUT2D eigenvalue weighted by atomic mass is 16.5. The maximum absolute atomic E-state index is 12.5. The smallest absolute Gasteiger partial charge is 0.222 e. The minimum absolute atomic E-state index is 0.0728. The molecule has 0 aromatic carbocycles. The van der Waals surface area contributed by atoms with Crippen molar-refractivity contribution in [2.45, 2.75) is 56.9 Å². The van der Waals surface area contributed by atoms with Gasteiger partial charge in [-0.25, -0.2) is 0 Å². The van der Waals surface area contributed by atoms with E-state index in [-0.39, 0.29) is 24.0 Å². The Kier molecular flexibility index (Phi) is 5.76. The number of aryl methyl sites for hydroxylation is 1. The molecule has 2 saturated heterocycles. The Bertz CT molecular complexity index is 561. The molecule has 1 aromatic heterocycles. The zero-order valence-electron chi connectivity index (χ0n) is 15.2. The first-order valence-electron chi connectivity index (χ1n) is 9.26. The Hall–Kier alpha value is -1.44. The first-order valence-corrected chi connectivity index (χ1v) is 9.26. The third-order valence-corrected chi connectivity index (χ3v) is 5.61. The Morgan fingerprint density at radius 2 is 2.36 bits per heavy atom. The van der Waals surface area contributed by atoms with Crippen LogP contribution in [0.4, 0.5) is 0 Å². The van der Waals surface area contributed by atoms with E-state index in [0.29, 0.717) is 26.0 Å². The molecule has 0 bridgehead atoms. The van der Waals surface area contributed by atoms with Gasteiger partial charge in [-0.3, -0.25) is 9.48 Å². The zero-order chi connectivity index (χ0) is 17.9. The average Bonchev–Trinajstić information content (AvgIpc) is 3.04. The molecule has 1 amide bonds. The van der Waals surface area contributed by atoms with Crippen LogP contribution in [0.3, 0.4) is 0 Å². The number of fused-ring (bicyclic) bond motifs is 1. The van der Waals surface area contributed by atoms with Gasteiger partial charge in [0.25, 0.3) is 0 Å². The molecule has 0 radical (unpaired) electrons. The summed E-state index contributed by atoms with van der Waals surface area (Å²) in [7, 11) is 1.85. The van der Waals surface area contributed by atoms with Crippen molar-refractivity contribution < 1.29 is 14.6 Å². The Morgan fingerprint density at radius 1 is 1.52 bits per heavy atom. The second kappa shape index (κ2) is 7.85. The SMILES string of the molecule is CN[C@@H]1CO[C@@H]2CCN(C(=O)CCCn3cccn3)C[C@@H]2C[C@@]1(C)O. The van der Waals surface area contributed by atoms with Crippen molar-refractivity contribution in [3.05, 3.63) is 18.5 Å². The lowest BCUT2D eigenvalue weighted by Gasteiger charge is -2.39. The molecule has 2 aliphatic heterocycles. The molecule has 2 N–H and O–H groups in total. The standard InChI is InChI=1S/C18H30N4O3/c1-18(24)11-14-12-21(10-6-15(14)25-13-16(18)19-2)17(23)5-3-8-22-9-4-7-20-22/h4,7,9,14-16,19,24H,3,5-6,8,10-13H2,1-2H3/t14-,15+,16+,18+/m0/s1. The van der Waals surface area contributed by atoms with Gasteiger partial charge in [0.1, 0.15) is 0 Å². The van der Waals surface area contributed by atoms with Crippen molar-refractivity contribution in [1.82, 2.24) is 20.0 Å². The molecule has 0 aliphatic carbocycles. The molecule has 3 rings (SSSR count). The number of carbonyl (C=O) groups excluding carboxylic acids is 1. The first kappa shape index (κ1) is 18.4. The maximum atomic E-state index is 12.5. The van der Waals surface area contributed by atoms with Crippen molar-refractivity contribution in [2.24, 2.45) is 5.92 Å². The average molecular weight is 350 g/mol. The largest absolute Gasteiger partial charge is 0.388 e. The lowest BCUT2D eigenvalue weighted by molar-refractivity contribution is -0.136. The second-order valence-electron chi connectivity index (χ2n) is 7.54. The van der Waals surface area contributed by atoms with Gasteiger partial charge in [-0.2, -0.15) is 5.10 Å². The minimum atomic E-state index is -0.819. The Balaban J connectivity index is 1.52. The van der Waals surface area contributed by atoms with Crippen LogP contribution in [0.25, 0.3) is 0 Å². The molecule has 2 aliphatic rings. The quantitative estimate of drug-likeness (QED) is 0.815. The number of amides is 1. The number of ether oxygens (including phenoxy) is 1. The van der Waals surface area contributed by atoms with Gasteiger partial charge in [-0.1, -0.05) is 0 Å². The summed E-state index contributed by atoms with van der Waals surface area (Å²) in [5, 5.41) is 18.1. The number of likely N-dealkylation sites (tertiary alicyclic amines) is 1. The number of carbonyl (C=O) groups is 1. The second-order valence-corrected chi connectivity index (χ2v) is 7.54. The molecule has 7 nitrogen and oxygen atoms in total. The minimum Gasteiger partial charge on any atom is -0.388 e. The van der Waals surface area contributed by atoms with E-state index < -0.39 is 5.60 Å². The van der Waals surface area contributed by atoms with E-state index in [1.807, 2.05) is 35.8 Å². The van der Waals surface area contributed by atoms with Crippen molar-refractivity contribution in [3.63, 3.8) is 0 Å². The number of nitrogens with one attached hydrogen (secondary N) is 1. The number of aromatic nitrogens is 2. The third-order valence-electron chi connectivity index (χ3n) is 5.61. The molecule has 25 heavy (non-hydrogen) atoms. The van der Waals surface area contributed by atoms with Crippen molar-refractivity contribution in [2.75, 3.05) is 26.7 Å². The lowest BCUT2D eigenvalue weighted by Crippen LogP contribution is -2.51. The molecular weight excluding hydrogens is 320 g/mol. The fourth-order valence-corrected chi connectivity index (χ4v) is 4.10. The van der Waals surface area contributed by atoms with Crippen LogP contribution in [0, 0.1) is 5.92 Å². The molecule has 0 unspecified atom stereocenters. The third kappa shape index (κ3) is 4.40. The van der Waals surface area contributed by atoms with Crippen LogP contribution in [0.15, 0.2) is 18.5 Å². The summed E-state index contributed by atoms with van der Waals surface area (Å²) in [6.45, 7) is 4.57. The van der Waals surface area contributed by atoms with E-state index in [1.54, 1.807) is 6.20 Å². The molecule has 0 saturated carbocycles. The van der Waals surface area contributed by atoms with Crippen LogP contribution >= 0.6 is 0 Å². The van der Waals surface area contributed by atoms with E-state index >= 15 is 0 Å². The Labute approximate surface area is 149 Å². The van der Waals surface area contributed by atoms with E-state index in [0.717, 1.165) is 25.9 Å². The molecule has 140 valence electrons. The normalized spacial score (nSPS) is 32.9. The lowest BCUT2D eigenvalue weighted by atomic mass is 9.82. The van der Waals surface area contributed by atoms with Crippen LogP contribution < -0.4 is 5.32 Å². The number of aliphatic hydroxyl groups is 1. The van der Waals surface area contributed by atoms with Crippen LogP contribution in [-0.4, -0.2) is 70.2 Å². The maximum Gasteiger partial charge on any atom is 0.222 e. The molecule has 0 spiro atoms. The van der Waals surface area contributed by atoms with E-state index in [9.17, 15) is 9.90 Å². The molecule has 7 heteroatoms. The molecule has 4 atom stereocenters. The summed E-state index contributed by atoms with van der Waals surface area (Å²) < 4.78 is 7.89. The van der Waals surface area contributed by atoms with Gasteiger partial charge in [-0.15, -0.1) is 0 Å². The summed E-state index contributed by atoms with van der Waals surface area (Å²) in [5.41, 5.74) is -0.819. The summed E-state index contributed by atoms with van der Waals surface area (Å²) in [6, 6.07) is 1.82. The monoisotopic (exact) mass is 350 g/mol. The molecule has 1 aromatic rings. The summed E-state index contributed by atoms with van der Waals surface area (Å²) in [6.07, 6.45) is 6.64. The van der Waals surface area contributed by atoms with Gasteiger partial charge in [0.05, 0.1) is 24.4 Å². The number of hydrogen-bond donors (Lipinski definition) is 2. The van der Waals surface area contributed by atoms with Gasteiger partial charge >= 0.3 is 0 Å². The topological polar surface area (TPSA) is 79.6 Å². The van der Waals surface area contributed by atoms with Gasteiger partial charge < -0.3 is 20.1 Å².